The number of anilines is 1. The first-order chi connectivity index (χ1) is 15.4. The SMILES string of the molecule is CCOc1ccc([C@@H]2C(=C(O)c3ccccc3)C(=O)C(=O)N2c2ccc(C)c(Cl)c2)cc1. The minimum Gasteiger partial charge on any atom is -0.507 e. The van der Waals surface area contributed by atoms with Gasteiger partial charge < -0.3 is 9.84 Å². The van der Waals surface area contributed by atoms with E-state index >= 15 is 0 Å². The number of ketones is 1. The molecule has 1 amide bonds. The molecule has 1 N–H and O–H groups in total. The number of aliphatic hydroxyl groups is 1. The van der Waals surface area contributed by atoms with Crippen LogP contribution in [-0.4, -0.2) is 23.4 Å². The van der Waals surface area contributed by atoms with Gasteiger partial charge in [-0.15, -0.1) is 0 Å². The molecule has 1 aliphatic heterocycles. The fraction of sp³-hybridized carbons (Fsp3) is 0.154. The van der Waals surface area contributed by atoms with Gasteiger partial charge in [-0.1, -0.05) is 60.1 Å². The first-order valence-electron chi connectivity index (χ1n) is 10.3. The minimum atomic E-state index is -0.815. The van der Waals surface area contributed by atoms with Crippen molar-refractivity contribution in [1.82, 2.24) is 0 Å². The van der Waals surface area contributed by atoms with Crippen molar-refractivity contribution in [1.29, 1.82) is 0 Å². The molecule has 162 valence electrons. The third-order valence-electron chi connectivity index (χ3n) is 5.43. The lowest BCUT2D eigenvalue weighted by Crippen LogP contribution is -2.29. The van der Waals surface area contributed by atoms with E-state index in [1.807, 2.05) is 19.9 Å². The van der Waals surface area contributed by atoms with Crippen LogP contribution in [0.4, 0.5) is 5.69 Å². The Bertz CT molecular complexity index is 1200. The molecule has 6 heteroatoms. The molecule has 0 saturated carbocycles. The number of halogens is 1. The molecule has 32 heavy (non-hydrogen) atoms. The second-order valence-electron chi connectivity index (χ2n) is 7.47. The molecule has 0 radical (unpaired) electrons. The molecule has 5 nitrogen and oxygen atoms in total. The predicted molar refractivity (Wildman–Crippen MR) is 125 cm³/mol. The summed E-state index contributed by atoms with van der Waals surface area (Å²) < 4.78 is 5.52. The Hall–Kier alpha value is -3.57. The lowest BCUT2D eigenvalue weighted by atomic mass is 9.95. The lowest BCUT2D eigenvalue weighted by Gasteiger charge is -2.26. The summed E-state index contributed by atoms with van der Waals surface area (Å²) in [5.74, 6) is -1.01. The largest absolute Gasteiger partial charge is 0.507 e. The number of aliphatic hydroxyl groups excluding tert-OH is 1. The van der Waals surface area contributed by atoms with Crippen LogP contribution in [0.5, 0.6) is 5.75 Å². The highest BCUT2D eigenvalue weighted by molar-refractivity contribution is 6.51. The van der Waals surface area contributed by atoms with Gasteiger partial charge in [-0.2, -0.15) is 0 Å². The average molecular weight is 448 g/mol. The highest BCUT2D eigenvalue weighted by atomic mass is 35.5. The number of ether oxygens (including phenoxy) is 1. The molecule has 1 saturated heterocycles. The maximum Gasteiger partial charge on any atom is 0.300 e. The van der Waals surface area contributed by atoms with E-state index in [0.717, 1.165) is 5.56 Å². The number of nitrogens with zero attached hydrogens (tertiary/aromatic N) is 1. The van der Waals surface area contributed by atoms with Crippen LogP contribution in [0.3, 0.4) is 0 Å². The Balaban J connectivity index is 1.91. The van der Waals surface area contributed by atoms with Crippen molar-refractivity contribution in [3.8, 4) is 5.75 Å². The molecule has 0 aliphatic carbocycles. The van der Waals surface area contributed by atoms with Gasteiger partial charge in [0.2, 0.25) is 0 Å². The van der Waals surface area contributed by atoms with E-state index in [4.69, 9.17) is 16.3 Å². The Morgan fingerprint density at radius 3 is 2.34 bits per heavy atom. The van der Waals surface area contributed by atoms with Gasteiger partial charge in [-0.05, 0) is 49.2 Å². The Morgan fingerprint density at radius 2 is 1.72 bits per heavy atom. The molecule has 0 bridgehead atoms. The van der Waals surface area contributed by atoms with Crippen molar-refractivity contribution in [2.75, 3.05) is 11.5 Å². The first kappa shape index (κ1) is 21.7. The number of carbonyl (C=O) groups is 2. The van der Waals surface area contributed by atoms with E-state index < -0.39 is 17.7 Å². The topological polar surface area (TPSA) is 66.8 Å². The summed E-state index contributed by atoms with van der Waals surface area (Å²) >= 11 is 6.32. The predicted octanol–water partition coefficient (Wildman–Crippen LogP) is 5.67. The standard InChI is InChI=1S/C26H22ClNO4/c1-3-32-20-13-10-17(11-14-20)23-22(24(29)18-7-5-4-6-8-18)25(30)26(31)28(23)19-12-9-16(2)21(27)15-19/h4-15,23,29H,3H2,1-2H3/t23-/m1/s1. The molecular formula is C26H22ClNO4. The Morgan fingerprint density at radius 1 is 1.03 bits per heavy atom. The lowest BCUT2D eigenvalue weighted by molar-refractivity contribution is -0.132. The average Bonchev–Trinajstić information content (AvgIpc) is 3.07. The van der Waals surface area contributed by atoms with Gasteiger partial charge in [0, 0.05) is 16.3 Å². The minimum absolute atomic E-state index is 0.0297. The van der Waals surface area contributed by atoms with Crippen molar-refractivity contribution >= 4 is 34.7 Å². The highest BCUT2D eigenvalue weighted by Gasteiger charge is 2.47. The molecule has 1 heterocycles. The molecule has 1 aliphatic rings. The third-order valence-corrected chi connectivity index (χ3v) is 5.84. The van der Waals surface area contributed by atoms with E-state index in [0.29, 0.717) is 34.2 Å². The number of aryl methyl sites for hydroxylation is 1. The summed E-state index contributed by atoms with van der Waals surface area (Å²) in [5.41, 5.74) is 2.50. The summed E-state index contributed by atoms with van der Waals surface area (Å²) in [6.45, 7) is 4.27. The van der Waals surface area contributed by atoms with Crippen LogP contribution in [0, 0.1) is 6.92 Å². The second kappa shape index (κ2) is 8.89. The zero-order valence-electron chi connectivity index (χ0n) is 17.7. The number of hydrogen-bond donors (Lipinski definition) is 1. The van der Waals surface area contributed by atoms with Gasteiger partial charge >= 0.3 is 0 Å². The summed E-state index contributed by atoms with van der Waals surface area (Å²) in [7, 11) is 0. The monoisotopic (exact) mass is 447 g/mol. The van der Waals surface area contributed by atoms with Gasteiger partial charge in [0.25, 0.3) is 11.7 Å². The summed E-state index contributed by atoms with van der Waals surface area (Å²) in [4.78, 5) is 27.7. The zero-order chi connectivity index (χ0) is 22.8. The Kier molecular flexibility index (Phi) is 6.01. The van der Waals surface area contributed by atoms with Gasteiger partial charge in [-0.25, -0.2) is 0 Å². The molecule has 3 aromatic carbocycles. The molecule has 3 aromatic rings. The van der Waals surface area contributed by atoms with Crippen LogP contribution < -0.4 is 9.64 Å². The van der Waals surface area contributed by atoms with Crippen LogP contribution in [0.25, 0.3) is 5.76 Å². The fourth-order valence-corrected chi connectivity index (χ4v) is 3.99. The fourth-order valence-electron chi connectivity index (χ4n) is 3.81. The molecule has 0 aromatic heterocycles. The summed E-state index contributed by atoms with van der Waals surface area (Å²) in [6.07, 6.45) is 0. The quantitative estimate of drug-likeness (QED) is 0.310. The maximum atomic E-state index is 13.2. The van der Waals surface area contributed by atoms with Crippen LogP contribution >= 0.6 is 11.6 Å². The zero-order valence-corrected chi connectivity index (χ0v) is 18.5. The number of hydrogen-bond acceptors (Lipinski definition) is 4. The summed E-state index contributed by atoms with van der Waals surface area (Å²) in [5, 5.41) is 11.6. The van der Waals surface area contributed by atoms with Crippen molar-refractivity contribution in [3.63, 3.8) is 0 Å². The van der Waals surface area contributed by atoms with E-state index in [1.54, 1.807) is 66.7 Å². The summed E-state index contributed by atoms with van der Waals surface area (Å²) in [6, 6.07) is 20.3. The number of rotatable bonds is 5. The Labute approximate surface area is 191 Å². The first-order valence-corrected chi connectivity index (χ1v) is 10.7. The molecule has 1 fully saturated rings. The maximum absolute atomic E-state index is 13.2. The van der Waals surface area contributed by atoms with Crippen molar-refractivity contribution < 1.29 is 19.4 Å². The van der Waals surface area contributed by atoms with Crippen molar-refractivity contribution in [2.45, 2.75) is 19.9 Å². The highest BCUT2D eigenvalue weighted by Crippen LogP contribution is 2.43. The molecule has 4 rings (SSSR count). The number of amides is 1. The van der Waals surface area contributed by atoms with Crippen molar-refractivity contribution in [2.24, 2.45) is 0 Å². The third kappa shape index (κ3) is 3.87. The van der Waals surface area contributed by atoms with Crippen LogP contribution in [0.2, 0.25) is 5.02 Å². The van der Waals surface area contributed by atoms with Crippen LogP contribution in [-0.2, 0) is 9.59 Å². The van der Waals surface area contributed by atoms with Crippen LogP contribution in [0.1, 0.15) is 29.7 Å². The molecule has 0 spiro atoms. The molecule has 1 atom stereocenters. The normalized spacial score (nSPS) is 17.6. The number of Topliss-reactive ketones (excluding diaryl/α,β-unsaturated/α-hetero) is 1. The van der Waals surface area contributed by atoms with Gasteiger partial charge in [0.05, 0.1) is 18.2 Å². The van der Waals surface area contributed by atoms with Crippen LogP contribution in [0.15, 0.2) is 78.4 Å². The van der Waals surface area contributed by atoms with Gasteiger partial charge in [0.15, 0.2) is 0 Å². The van der Waals surface area contributed by atoms with E-state index in [1.165, 1.54) is 4.90 Å². The van der Waals surface area contributed by atoms with Gasteiger partial charge in [-0.3, -0.25) is 14.5 Å². The van der Waals surface area contributed by atoms with E-state index in [-0.39, 0.29) is 11.3 Å². The molecular weight excluding hydrogens is 426 g/mol. The van der Waals surface area contributed by atoms with E-state index in [2.05, 4.69) is 0 Å². The second-order valence-corrected chi connectivity index (χ2v) is 7.88. The number of carbonyl (C=O) groups excluding carboxylic acids is 2. The smallest absolute Gasteiger partial charge is 0.300 e. The molecule has 0 unspecified atom stereocenters. The van der Waals surface area contributed by atoms with Crippen molar-refractivity contribution in [3.05, 3.63) is 100 Å². The number of benzene rings is 3. The van der Waals surface area contributed by atoms with Gasteiger partial charge in [0.1, 0.15) is 11.5 Å². The van der Waals surface area contributed by atoms with E-state index in [9.17, 15) is 14.7 Å².